The summed E-state index contributed by atoms with van der Waals surface area (Å²) in [5, 5.41) is 0.797. The zero-order chi connectivity index (χ0) is 22.5. The smallest absolute Gasteiger partial charge is 0.253 e. The molecule has 0 saturated carbocycles. The van der Waals surface area contributed by atoms with Gasteiger partial charge in [-0.1, -0.05) is 35.3 Å². The Morgan fingerprint density at radius 2 is 1.78 bits per heavy atom. The van der Waals surface area contributed by atoms with E-state index in [9.17, 15) is 9.59 Å². The van der Waals surface area contributed by atoms with Crippen LogP contribution in [-0.4, -0.2) is 34.7 Å². The van der Waals surface area contributed by atoms with E-state index >= 15 is 0 Å². The van der Waals surface area contributed by atoms with Gasteiger partial charge in [-0.05, 0) is 55.3 Å². The zero-order valence-electron chi connectivity index (χ0n) is 17.3. The predicted molar refractivity (Wildman–Crippen MR) is 124 cm³/mol. The van der Waals surface area contributed by atoms with Crippen LogP contribution in [0.5, 0.6) is 5.75 Å². The van der Waals surface area contributed by atoms with E-state index in [0.29, 0.717) is 59.5 Å². The lowest BCUT2D eigenvalue weighted by molar-refractivity contribution is 0.0650. The van der Waals surface area contributed by atoms with Gasteiger partial charge in [-0.3, -0.25) is 14.6 Å². The number of ketones is 1. The summed E-state index contributed by atoms with van der Waals surface area (Å²) < 4.78 is 5.81. The number of pyridine rings is 1. The Kier molecular flexibility index (Phi) is 7.08. The van der Waals surface area contributed by atoms with E-state index in [4.69, 9.17) is 27.9 Å². The third kappa shape index (κ3) is 5.29. The van der Waals surface area contributed by atoms with Crippen LogP contribution in [0.25, 0.3) is 0 Å². The fourth-order valence-corrected chi connectivity index (χ4v) is 4.08. The van der Waals surface area contributed by atoms with Gasteiger partial charge in [0.1, 0.15) is 12.4 Å². The van der Waals surface area contributed by atoms with Crippen molar-refractivity contribution >= 4 is 34.9 Å². The number of benzene rings is 2. The summed E-state index contributed by atoms with van der Waals surface area (Å²) in [4.78, 5) is 31.7. The first-order valence-electron chi connectivity index (χ1n) is 10.4. The van der Waals surface area contributed by atoms with Gasteiger partial charge in [0.25, 0.3) is 5.91 Å². The Morgan fingerprint density at radius 3 is 2.50 bits per heavy atom. The van der Waals surface area contributed by atoms with E-state index in [0.717, 1.165) is 5.56 Å². The van der Waals surface area contributed by atoms with Crippen molar-refractivity contribution in [2.45, 2.75) is 19.4 Å². The maximum Gasteiger partial charge on any atom is 0.253 e. The first-order valence-corrected chi connectivity index (χ1v) is 11.2. The molecule has 1 amide bonds. The molecule has 0 spiro atoms. The summed E-state index contributed by atoms with van der Waals surface area (Å²) in [7, 11) is 0. The molecule has 4 rings (SSSR count). The Labute approximate surface area is 196 Å². The number of hydrogen-bond acceptors (Lipinski definition) is 4. The molecule has 3 aromatic rings. The number of amides is 1. The van der Waals surface area contributed by atoms with E-state index in [2.05, 4.69) is 4.98 Å². The van der Waals surface area contributed by atoms with Crippen molar-refractivity contribution in [3.05, 3.63) is 93.7 Å². The molecule has 0 atom stereocenters. The minimum atomic E-state index is -0.134. The molecule has 2 aromatic carbocycles. The standard InChI is InChI=1S/C25H22Cl2N2O3/c26-22-7-6-19(14-23(22)27)24(30)18-8-11-29(12-9-18)25(31)20-4-1-5-21(13-20)32-16-17-3-2-10-28-15-17/h1-7,10,13-15,18H,8-9,11-12,16H2. The van der Waals surface area contributed by atoms with E-state index in [1.165, 1.54) is 0 Å². The molecule has 1 aliphatic heterocycles. The van der Waals surface area contributed by atoms with Crippen LogP contribution in [0.15, 0.2) is 67.0 Å². The first-order chi connectivity index (χ1) is 15.5. The molecule has 164 valence electrons. The lowest BCUT2D eigenvalue weighted by atomic mass is 9.88. The van der Waals surface area contributed by atoms with Gasteiger partial charge in [0.2, 0.25) is 0 Å². The maximum atomic E-state index is 13.0. The second kappa shape index (κ2) is 10.2. The molecule has 0 radical (unpaired) electrons. The van der Waals surface area contributed by atoms with Crippen LogP contribution < -0.4 is 4.74 Å². The summed E-state index contributed by atoms with van der Waals surface area (Å²) in [6.45, 7) is 1.43. The van der Waals surface area contributed by atoms with Crippen LogP contribution >= 0.6 is 23.2 Å². The molecule has 1 saturated heterocycles. The Balaban J connectivity index is 1.35. The highest BCUT2D eigenvalue weighted by Gasteiger charge is 2.28. The summed E-state index contributed by atoms with van der Waals surface area (Å²) >= 11 is 12.0. The van der Waals surface area contributed by atoms with Crippen molar-refractivity contribution in [2.24, 2.45) is 5.92 Å². The van der Waals surface area contributed by atoms with Crippen LogP contribution in [0.1, 0.15) is 39.1 Å². The van der Waals surface area contributed by atoms with Crippen molar-refractivity contribution in [1.82, 2.24) is 9.88 Å². The third-order valence-electron chi connectivity index (χ3n) is 5.57. The van der Waals surface area contributed by atoms with E-state index in [1.54, 1.807) is 47.6 Å². The molecule has 1 aliphatic rings. The number of aromatic nitrogens is 1. The average Bonchev–Trinajstić information content (AvgIpc) is 2.84. The van der Waals surface area contributed by atoms with Crippen LogP contribution in [0.4, 0.5) is 0 Å². The molecule has 0 bridgehead atoms. The lowest BCUT2D eigenvalue weighted by Crippen LogP contribution is -2.40. The van der Waals surface area contributed by atoms with E-state index in [1.807, 2.05) is 24.3 Å². The number of nitrogens with zero attached hydrogens (tertiary/aromatic N) is 2. The highest BCUT2D eigenvalue weighted by Crippen LogP contribution is 2.28. The highest BCUT2D eigenvalue weighted by atomic mass is 35.5. The molecule has 0 aliphatic carbocycles. The van der Waals surface area contributed by atoms with Gasteiger partial charge in [0.05, 0.1) is 10.0 Å². The molecule has 5 nitrogen and oxygen atoms in total. The molecule has 2 heterocycles. The molecule has 7 heteroatoms. The summed E-state index contributed by atoms with van der Waals surface area (Å²) in [6, 6.07) is 15.9. The van der Waals surface area contributed by atoms with Gasteiger partial charge in [0.15, 0.2) is 5.78 Å². The number of carbonyl (C=O) groups is 2. The van der Waals surface area contributed by atoms with Crippen molar-refractivity contribution in [3.63, 3.8) is 0 Å². The van der Waals surface area contributed by atoms with Crippen LogP contribution in [0.2, 0.25) is 10.0 Å². The minimum absolute atomic E-state index is 0.0430. The van der Waals surface area contributed by atoms with Gasteiger partial charge >= 0.3 is 0 Å². The number of hydrogen-bond donors (Lipinski definition) is 0. The fourth-order valence-electron chi connectivity index (χ4n) is 3.78. The maximum absolute atomic E-state index is 13.0. The number of piperidine rings is 1. The molecule has 0 unspecified atom stereocenters. The van der Waals surface area contributed by atoms with Crippen molar-refractivity contribution in [2.75, 3.05) is 13.1 Å². The van der Waals surface area contributed by atoms with Crippen LogP contribution in [0.3, 0.4) is 0 Å². The minimum Gasteiger partial charge on any atom is -0.489 e. The zero-order valence-corrected chi connectivity index (χ0v) is 18.9. The Bertz CT molecular complexity index is 1110. The summed E-state index contributed by atoms with van der Waals surface area (Å²) in [5.74, 6) is 0.480. The van der Waals surface area contributed by atoms with E-state index < -0.39 is 0 Å². The molecule has 0 N–H and O–H groups in total. The third-order valence-corrected chi connectivity index (χ3v) is 6.31. The number of rotatable bonds is 6. The van der Waals surface area contributed by atoms with Crippen LogP contribution in [0, 0.1) is 5.92 Å². The van der Waals surface area contributed by atoms with Gasteiger partial charge in [-0.2, -0.15) is 0 Å². The number of Topliss-reactive ketones (excluding diaryl/α,β-unsaturated/α-hetero) is 1. The molecular weight excluding hydrogens is 447 g/mol. The lowest BCUT2D eigenvalue weighted by Gasteiger charge is -2.31. The largest absolute Gasteiger partial charge is 0.489 e. The number of carbonyl (C=O) groups excluding carboxylic acids is 2. The number of likely N-dealkylation sites (tertiary alicyclic amines) is 1. The Hall–Kier alpha value is -2.89. The highest BCUT2D eigenvalue weighted by molar-refractivity contribution is 6.42. The second-order valence-electron chi connectivity index (χ2n) is 7.74. The van der Waals surface area contributed by atoms with Gasteiger partial charge in [-0.25, -0.2) is 0 Å². The van der Waals surface area contributed by atoms with Crippen molar-refractivity contribution in [1.29, 1.82) is 0 Å². The Morgan fingerprint density at radius 1 is 0.969 bits per heavy atom. The predicted octanol–water partition coefficient (Wildman–Crippen LogP) is 5.70. The summed E-state index contributed by atoms with van der Waals surface area (Å²) in [6.07, 6.45) is 4.69. The quantitative estimate of drug-likeness (QED) is 0.435. The average molecular weight is 469 g/mol. The molecule has 32 heavy (non-hydrogen) atoms. The fraction of sp³-hybridized carbons (Fsp3) is 0.240. The van der Waals surface area contributed by atoms with Gasteiger partial charge in [-0.15, -0.1) is 0 Å². The number of ether oxygens (including phenoxy) is 1. The normalized spacial score (nSPS) is 14.2. The van der Waals surface area contributed by atoms with Crippen molar-refractivity contribution in [3.8, 4) is 5.75 Å². The number of halogens is 2. The van der Waals surface area contributed by atoms with Crippen LogP contribution in [-0.2, 0) is 6.61 Å². The van der Waals surface area contributed by atoms with Crippen molar-refractivity contribution < 1.29 is 14.3 Å². The second-order valence-corrected chi connectivity index (χ2v) is 8.55. The van der Waals surface area contributed by atoms with Gasteiger partial charge < -0.3 is 9.64 Å². The summed E-state index contributed by atoms with van der Waals surface area (Å²) in [5.41, 5.74) is 2.09. The van der Waals surface area contributed by atoms with Gasteiger partial charge in [0, 0.05) is 48.1 Å². The van der Waals surface area contributed by atoms with E-state index in [-0.39, 0.29) is 17.6 Å². The first kappa shape index (κ1) is 22.3. The molecule has 1 aromatic heterocycles. The molecule has 1 fully saturated rings. The monoisotopic (exact) mass is 468 g/mol. The topological polar surface area (TPSA) is 59.5 Å². The molecular formula is C25H22Cl2N2O3. The SMILES string of the molecule is O=C(c1ccc(Cl)c(Cl)c1)C1CCN(C(=O)c2cccc(OCc3cccnc3)c2)CC1.